The third-order valence-electron chi connectivity index (χ3n) is 3.60. The molecule has 4 heteroatoms. The second-order valence-corrected chi connectivity index (χ2v) is 5.46. The molecule has 0 spiro atoms. The number of benzene rings is 1. The number of hydrogen-bond donors (Lipinski definition) is 2. The minimum Gasteiger partial charge on any atom is -0.495 e. The number of rotatable bonds is 7. The van der Waals surface area contributed by atoms with Gasteiger partial charge >= 0.3 is 0 Å². The van der Waals surface area contributed by atoms with Crippen LogP contribution in [-0.2, 0) is 6.42 Å². The van der Waals surface area contributed by atoms with Gasteiger partial charge in [-0.3, -0.25) is 0 Å². The summed E-state index contributed by atoms with van der Waals surface area (Å²) in [5, 5.41) is 13.3. The summed E-state index contributed by atoms with van der Waals surface area (Å²) in [4.78, 5) is 0. The van der Waals surface area contributed by atoms with Crippen molar-refractivity contribution >= 4 is 11.6 Å². The fraction of sp³-hybridized carbons (Fsp3) is 0.571. The SMILES string of the molecule is COc1ccc(CCNCC2(CO)CC2)cc1Cl. The first kappa shape index (κ1) is 13.7. The molecule has 1 aromatic rings. The lowest BCUT2D eigenvalue weighted by atomic mass is 10.1. The maximum atomic E-state index is 9.20. The molecule has 0 radical (unpaired) electrons. The standard InChI is InChI=1S/C14H20ClNO2/c1-18-13-3-2-11(8-12(13)15)4-7-16-9-14(10-17)5-6-14/h2-3,8,16-17H,4-7,9-10H2,1H3. The lowest BCUT2D eigenvalue weighted by molar-refractivity contribution is 0.208. The third-order valence-corrected chi connectivity index (χ3v) is 3.89. The topological polar surface area (TPSA) is 41.5 Å². The fourth-order valence-corrected chi connectivity index (χ4v) is 2.30. The first-order chi connectivity index (χ1) is 8.69. The maximum Gasteiger partial charge on any atom is 0.137 e. The predicted octanol–water partition coefficient (Wildman–Crippen LogP) is 2.25. The highest BCUT2D eigenvalue weighted by molar-refractivity contribution is 6.32. The Hall–Kier alpha value is -0.770. The second-order valence-electron chi connectivity index (χ2n) is 5.05. The normalized spacial score (nSPS) is 16.6. The Morgan fingerprint density at radius 2 is 2.22 bits per heavy atom. The quantitative estimate of drug-likeness (QED) is 0.746. The van der Waals surface area contributed by atoms with Gasteiger partial charge in [0.2, 0.25) is 0 Å². The van der Waals surface area contributed by atoms with E-state index in [1.807, 2.05) is 18.2 Å². The molecule has 1 fully saturated rings. The van der Waals surface area contributed by atoms with Gasteiger partial charge in [-0.05, 0) is 43.5 Å². The first-order valence-corrected chi connectivity index (χ1v) is 6.71. The van der Waals surface area contributed by atoms with Gasteiger partial charge in [-0.15, -0.1) is 0 Å². The van der Waals surface area contributed by atoms with E-state index in [2.05, 4.69) is 5.32 Å². The highest BCUT2D eigenvalue weighted by atomic mass is 35.5. The van der Waals surface area contributed by atoms with Crippen LogP contribution in [0.3, 0.4) is 0 Å². The molecule has 0 bridgehead atoms. The molecule has 0 heterocycles. The van der Waals surface area contributed by atoms with Gasteiger partial charge in [-0.1, -0.05) is 17.7 Å². The summed E-state index contributed by atoms with van der Waals surface area (Å²) in [6.45, 7) is 2.12. The maximum absolute atomic E-state index is 9.20. The Labute approximate surface area is 113 Å². The van der Waals surface area contributed by atoms with Crippen LogP contribution in [0, 0.1) is 5.41 Å². The summed E-state index contributed by atoms with van der Waals surface area (Å²) in [6, 6.07) is 5.88. The predicted molar refractivity (Wildman–Crippen MR) is 73.3 cm³/mol. The number of aliphatic hydroxyl groups is 1. The molecule has 0 atom stereocenters. The average molecular weight is 270 g/mol. The number of aliphatic hydroxyl groups excluding tert-OH is 1. The largest absolute Gasteiger partial charge is 0.495 e. The number of methoxy groups -OCH3 is 1. The molecular formula is C14H20ClNO2. The zero-order valence-corrected chi connectivity index (χ0v) is 11.5. The molecule has 1 saturated carbocycles. The van der Waals surface area contributed by atoms with Gasteiger partial charge < -0.3 is 15.2 Å². The van der Waals surface area contributed by atoms with E-state index in [0.717, 1.165) is 32.4 Å². The number of halogens is 1. The van der Waals surface area contributed by atoms with Crippen LogP contribution in [-0.4, -0.2) is 31.9 Å². The molecule has 1 aliphatic rings. The molecular weight excluding hydrogens is 250 g/mol. The van der Waals surface area contributed by atoms with Crippen LogP contribution in [0.5, 0.6) is 5.75 Å². The van der Waals surface area contributed by atoms with E-state index in [4.69, 9.17) is 16.3 Å². The van der Waals surface area contributed by atoms with Crippen LogP contribution in [0.1, 0.15) is 18.4 Å². The zero-order valence-electron chi connectivity index (χ0n) is 10.7. The van der Waals surface area contributed by atoms with Crippen LogP contribution >= 0.6 is 11.6 Å². The summed E-state index contributed by atoms with van der Waals surface area (Å²) in [5.74, 6) is 0.714. The fourth-order valence-electron chi connectivity index (χ4n) is 2.02. The Morgan fingerprint density at radius 1 is 1.44 bits per heavy atom. The van der Waals surface area contributed by atoms with Crippen molar-refractivity contribution in [2.24, 2.45) is 5.41 Å². The Morgan fingerprint density at radius 3 is 2.78 bits per heavy atom. The minimum atomic E-state index is 0.178. The first-order valence-electron chi connectivity index (χ1n) is 6.33. The van der Waals surface area contributed by atoms with E-state index in [0.29, 0.717) is 17.4 Å². The van der Waals surface area contributed by atoms with Crippen molar-refractivity contribution in [1.82, 2.24) is 5.32 Å². The highest BCUT2D eigenvalue weighted by Crippen LogP contribution is 2.44. The van der Waals surface area contributed by atoms with E-state index < -0.39 is 0 Å². The molecule has 100 valence electrons. The average Bonchev–Trinajstić information content (AvgIpc) is 3.16. The van der Waals surface area contributed by atoms with Gasteiger partial charge in [-0.2, -0.15) is 0 Å². The van der Waals surface area contributed by atoms with Gasteiger partial charge in [0.05, 0.1) is 12.1 Å². The summed E-state index contributed by atoms with van der Waals surface area (Å²) in [5.41, 5.74) is 1.37. The van der Waals surface area contributed by atoms with Crippen LogP contribution in [0.4, 0.5) is 0 Å². The molecule has 2 N–H and O–H groups in total. The molecule has 0 amide bonds. The van der Waals surface area contributed by atoms with Crippen molar-refractivity contribution in [2.75, 3.05) is 26.8 Å². The molecule has 1 aromatic carbocycles. The lowest BCUT2D eigenvalue weighted by Gasteiger charge is -2.12. The van der Waals surface area contributed by atoms with Gasteiger partial charge in [0.1, 0.15) is 5.75 Å². The van der Waals surface area contributed by atoms with Gasteiger partial charge in [-0.25, -0.2) is 0 Å². The number of ether oxygens (including phenoxy) is 1. The molecule has 0 aromatic heterocycles. The summed E-state index contributed by atoms with van der Waals surface area (Å²) >= 11 is 6.07. The Balaban J connectivity index is 1.75. The van der Waals surface area contributed by atoms with E-state index in [9.17, 15) is 5.11 Å². The van der Waals surface area contributed by atoms with Gasteiger partial charge in [0.15, 0.2) is 0 Å². The molecule has 0 aliphatic heterocycles. The van der Waals surface area contributed by atoms with E-state index in [1.54, 1.807) is 7.11 Å². The van der Waals surface area contributed by atoms with Crippen molar-refractivity contribution in [3.8, 4) is 5.75 Å². The van der Waals surface area contributed by atoms with E-state index in [1.165, 1.54) is 5.56 Å². The van der Waals surface area contributed by atoms with Crippen LogP contribution in [0.15, 0.2) is 18.2 Å². The molecule has 1 aliphatic carbocycles. The Kier molecular flexibility index (Phi) is 4.49. The van der Waals surface area contributed by atoms with Crippen molar-refractivity contribution < 1.29 is 9.84 Å². The lowest BCUT2D eigenvalue weighted by Crippen LogP contribution is -2.28. The van der Waals surface area contributed by atoms with E-state index >= 15 is 0 Å². The van der Waals surface area contributed by atoms with Crippen LogP contribution < -0.4 is 10.1 Å². The number of nitrogens with one attached hydrogen (secondary N) is 1. The van der Waals surface area contributed by atoms with Crippen molar-refractivity contribution in [1.29, 1.82) is 0 Å². The highest BCUT2D eigenvalue weighted by Gasteiger charge is 2.41. The van der Waals surface area contributed by atoms with Gasteiger partial charge in [0, 0.05) is 18.6 Å². The molecule has 2 rings (SSSR count). The summed E-state index contributed by atoms with van der Waals surface area (Å²) < 4.78 is 5.12. The monoisotopic (exact) mass is 269 g/mol. The van der Waals surface area contributed by atoms with Crippen molar-refractivity contribution in [3.63, 3.8) is 0 Å². The van der Waals surface area contributed by atoms with Gasteiger partial charge in [0.25, 0.3) is 0 Å². The molecule has 0 saturated heterocycles. The van der Waals surface area contributed by atoms with E-state index in [-0.39, 0.29) is 5.41 Å². The molecule has 18 heavy (non-hydrogen) atoms. The Bertz CT molecular complexity index is 405. The minimum absolute atomic E-state index is 0.178. The molecule has 3 nitrogen and oxygen atoms in total. The van der Waals surface area contributed by atoms with Crippen LogP contribution in [0.25, 0.3) is 0 Å². The van der Waals surface area contributed by atoms with Crippen molar-refractivity contribution in [2.45, 2.75) is 19.3 Å². The summed E-state index contributed by atoms with van der Waals surface area (Å²) in [6.07, 6.45) is 3.22. The second kappa shape index (κ2) is 5.91. The van der Waals surface area contributed by atoms with Crippen molar-refractivity contribution in [3.05, 3.63) is 28.8 Å². The zero-order chi connectivity index (χ0) is 13.0. The smallest absolute Gasteiger partial charge is 0.137 e. The molecule has 0 unspecified atom stereocenters. The number of hydrogen-bond acceptors (Lipinski definition) is 3. The summed E-state index contributed by atoms with van der Waals surface area (Å²) in [7, 11) is 1.62. The third kappa shape index (κ3) is 3.37. The van der Waals surface area contributed by atoms with Crippen LogP contribution in [0.2, 0.25) is 5.02 Å².